The van der Waals surface area contributed by atoms with E-state index in [1.807, 2.05) is 18.2 Å². The molecule has 0 saturated heterocycles. The molecule has 0 aliphatic heterocycles. The molecule has 0 aliphatic rings. The molecular weight excluding hydrogens is 366 g/mol. The third-order valence-corrected chi connectivity index (χ3v) is 4.37. The number of benzene rings is 2. The molecule has 0 spiro atoms. The lowest BCUT2D eigenvalue weighted by Crippen LogP contribution is -2.21. The fourth-order valence-electron chi connectivity index (χ4n) is 2.27. The number of nitrogens with one attached hydrogen (secondary N) is 1. The van der Waals surface area contributed by atoms with Crippen molar-refractivity contribution in [2.45, 2.75) is 11.3 Å². The molecule has 7 nitrogen and oxygen atoms in total. The molecule has 138 valence electrons. The summed E-state index contributed by atoms with van der Waals surface area (Å²) in [6.45, 7) is 3.38. The fourth-order valence-corrected chi connectivity index (χ4v) is 2.94. The zero-order chi connectivity index (χ0) is 19.6. The molecule has 2 rings (SSSR count). The van der Waals surface area contributed by atoms with Gasteiger partial charge < -0.3 is 10.1 Å². The van der Waals surface area contributed by atoms with Gasteiger partial charge in [-0.3, -0.25) is 14.9 Å². The van der Waals surface area contributed by atoms with E-state index < -0.39 is 4.92 Å². The maximum atomic E-state index is 12.2. The number of nitriles is 1. The molecule has 2 aromatic rings. The minimum absolute atomic E-state index is 0.0490. The first kappa shape index (κ1) is 20.0. The number of para-hydroxylation sites is 1. The Morgan fingerprint density at radius 3 is 2.85 bits per heavy atom. The number of carbonyl (C=O) groups is 1. The number of hydrogen-bond acceptors (Lipinski definition) is 6. The van der Waals surface area contributed by atoms with Crippen LogP contribution in [0.25, 0.3) is 0 Å². The lowest BCUT2D eigenvalue weighted by molar-refractivity contribution is -0.384. The molecule has 27 heavy (non-hydrogen) atoms. The van der Waals surface area contributed by atoms with Crippen LogP contribution in [0.15, 0.2) is 60.0 Å². The smallest absolute Gasteiger partial charge is 0.269 e. The Morgan fingerprint density at radius 1 is 1.37 bits per heavy atom. The molecule has 1 amide bonds. The number of ether oxygens (including phenoxy) is 1. The molecule has 0 unspecified atom stereocenters. The van der Waals surface area contributed by atoms with Gasteiger partial charge in [-0.2, -0.15) is 5.26 Å². The second kappa shape index (κ2) is 9.99. The van der Waals surface area contributed by atoms with Crippen molar-refractivity contribution in [3.05, 3.63) is 70.8 Å². The summed E-state index contributed by atoms with van der Waals surface area (Å²) in [5.74, 6) is 0.294. The fraction of sp³-hybridized carbons (Fsp3) is 0.158. The number of rotatable bonds is 9. The second-order valence-corrected chi connectivity index (χ2v) is 6.34. The Kier molecular flexibility index (Phi) is 7.40. The summed E-state index contributed by atoms with van der Waals surface area (Å²) in [5, 5.41) is 22.4. The van der Waals surface area contributed by atoms with Crippen LogP contribution in [0.3, 0.4) is 0 Å². The monoisotopic (exact) mass is 383 g/mol. The number of nitro benzene ring substituents is 1. The van der Waals surface area contributed by atoms with Gasteiger partial charge in [-0.05, 0) is 24.6 Å². The first-order valence-corrected chi connectivity index (χ1v) is 8.93. The van der Waals surface area contributed by atoms with Gasteiger partial charge in [0.2, 0.25) is 0 Å². The number of anilines is 1. The largest absolute Gasteiger partial charge is 0.483 e. The van der Waals surface area contributed by atoms with E-state index in [1.165, 1.54) is 30.0 Å². The minimum Gasteiger partial charge on any atom is -0.483 e. The number of carbonyl (C=O) groups excluding carboxylic acids is 1. The van der Waals surface area contributed by atoms with Crippen molar-refractivity contribution in [3.63, 3.8) is 0 Å². The lowest BCUT2D eigenvalue weighted by Gasteiger charge is -2.12. The normalized spacial score (nSPS) is 9.89. The summed E-state index contributed by atoms with van der Waals surface area (Å²) >= 11 is 1.33. The summed E-state index contributed by atoms with van der Waals surface area (Å²) in [6.07, 6.45) is 1.99. The summed E-state index contributed by atoms with van der Waals surface area (Å²) in [4.78, 5) is 23.4. The van der Waals surface area contributed by atoms with Crippen molar-refractivity contribution in [3.8, 4) is 11.8 Å². The van der Waals surface area contributed by atoms with E-state index in [9.17, 15) is 14.9 Å². The number of nitrogens with zero attached hydrogens (tertiary/aromatic N) is 2. The summed E-state index contributed by atoms with van der Waals surface area (Å²) in [5.41, 5.74) is 1.13. The van der Waals surface area contributed by atoms with Crippen molar-refractivity contribution in [1.29, 1.82) is 5.26 Å². The van der Waals surface area contributed by atoms with E-state index in [1.54, 1.807) is 18.2 Å². The van der Waals surface area contributed by atoms with Crippen molar-refractivity contribution in [1.82, 2.24) is 0 Å². The van der Waals surface area contributed by atoms with Crippen LogP contribution < -0.4 is 10.1 Å². The molecule has 0 radical (unpaired) electrons. The SMILES string of the molecule is C=CCc1cc([N+](=O)[O-])ccc1OCC(=O)Nc1ccccc1SCC#N. The van der Waals surface area contributed by atoms with Crippen LogP contribution in [-0.2, 0) is 11.2 Å². The van der Waals surface area contributed by atoms with E-state index >= 15 is 0 Å². The van der Waals surface area contributed by atoms with E-state index in [0.29, 0.717) is 23.4 Å². The number of allylic oxidation sites excluding steroid dienone is 1. The molecule has 8 heteroatoms. The molecule has 0 aliphatic carbocycles. The van der Waals surface area contributed by atoms with Gasteiger partial charge >= 0.3 is 0 Å². The molecule has 0 atom stereocenters. The van der Waals surface area contributed by atoms with Crippen LogP contribution in [0, 0.1) is 21.4 Å². The van der Waals surface area contributed by atoms with Crippen LogP contribution in [0.2, 0.25) is 0 Å². The van der Waals surface area contributed by atoms with E-state index in [0.717, 1.165) is 4.90 Å². The van der Waals surface area contributed by atoms with Gasteiger partial charge in [-0.15, -0.1) is 18.3 Å². The summed E-state index contributed by atoms with van der Waals surface area (Å²) in [7, 11) is 0. The summed E-state index contributed by atoms with van der Waals surface area (Å²) in [6, 6.07) is 13.4. The van der Waals surface area contributed by atoms with Gasteiger partial charge in [0.25, 0.3) is 11.6 Å². The van der Waals surface area contributed by atoms with Gasteiger partial charge in [0.05, 0.1) is 22.4 Å². The number of hydrogen-bond donors (Lipinski definition) is 1. The van der Waals surface area contributed by atoms with Gasteiger partial charge in [-0.1, -0.05) is 18.2 Å². The Hall–Kier alpha value is -3.31. The maximum absolute atomic E-state index is 12.2. The van der Waals surface area contributed by atoms with Crippen molar-refractivity contribution in [2.24, 2.45) is 0 Å². The molecule has 0 aromatic heterocycles. The van der Waals surface area contributed by atoms with E-state index in [-0.39, 0.29) is 24.0 Å². The van der Waals surface area contributed by atoms with Crippen LogP contribution in [0.1, 0.15) is 5.56 Å². The Bertz CT molecular complexity index is 893. The van der Waals surface area contributed by atoms with Gasteiger partial charge in [0.15, 0.2) is 6.61 Å². The maximum Gasteiger partial charge on any atom is 0.269 e. The third kappa shape index (κ3) is 5.87. The molecule has 0 fully saturated rings. The van der Waals surface area contributed by atoms with Gasteiger partial charge in [0, 0.05) is 22.6 Å². The third-order valence-electron chi connectivity index (χ3n) is 3.43. The second-order valence-electron chi connectivity index (χ2n) is 5.32. The minimum atomic E-state index is -0.487. The topological polar surface area (TPSA) is 105 Å². The van der Waals surface area contributed by atoms with Crippen LogP contribution in [0.4, 0.5) is 11.4 Å². The lowest BCUT2D eigenvalue weighted by atomic mass is 10.1. The van der Waals surface area contributed by atoms with Gasteiger partial charge in [0.1, 0.15) is 5.75 Å². The highest BCUT2D eigenvalue weighted by atomic mass is 32.2. The van der Waals surface area contributed by atoms with Crippen LogP contribution in [-0.4, -0.2) is 23.2 Å². The average molecular weight is 383 g/mol. The Morgan fingerprint density at radius 2 is 2.15 bits per heavy atom. The van der Waals surface area contributed by atoms with Crippen molar-refractivity contribution >= 4 is 29.0 Å². The molecule has 2 aromatic carbocycles. The highest BCUT2D eigenvalue weighted by Gasteiger charge is 2.13. The van der Waals surface area contributed by atoms with Crippen LogP contribution >= 0.6 is 11.8 Å². The molecule has 1 N–H and O–H groups in total. The standard InChI is InChI=1S/C19H17N3O4S/c1-2-5-14-12-15(22(24)25)8-9-17(14)26-13-19(23)21-16-6-3-4-7-18(16)27-11-10-20/h2-4,6-9,12H,1,5,11,13H2,(H,21,23). The molecule has 0 bridgehead atoms. The molecule has 0 saturated carbocycles. The first-order valence-electron chi connectivity index (χ1n) is 7.94. The number of amides is 1. The number of nitro groups is 1. The Balaban J connectivity index is 2.05. The van der Waals surface area contributed by atoms with Crippen LogP contribution in [0.5, 0.6) is 5.75 Å². The predicted octanol–water partition coefficient (Wildman–Crippen LogP) is 3.96. The Labute approximate surface area is 160 Å². The van der Waals surface area contributed by atoms with Crippen molar-refractivity contribution in [2.75, 3.05) is 17.7 Å². The zero-order valence-electron chi connectivity index (χ0n) is 14.4. The van der Waals surface area contributed by atoms with E-state index in [4.69, 9.17) is 10.00 Å². The van der Waals surface area contributed by atoms with Gasteiger partial charge in [-0.25, -0.2) is 0 Å². The molecular formula is C19H17N3O4S. The first-order chi connectivity index (χ1) is 13.0. The summed E-state index contributed by atoms with van der Waals surface area (Å²) < 4.78 is 5.54. The van der Waals surface area contributed by atoms with Crippen molar-refractivity contribution < 1.29 is 14.5 Å². The molecule has 0 heterocycles. The number of thioether (sulfide) groups is 1. The number of non-ortho nitro benzene ring substituents is 1. The average Bonchev–Trinajstić information content (AvgIpc) is 2.66. The quantitative estimate of drug-likeness (QED) is 0.304. The highest BCUT2D eigenvalue weighted by Crippen LogP contribution is 2.27. The predicted molar refractivity (Wildman–Crippen MR) is 104 cm³/mol. The van der Waals surface area contributed by atoms with E-state index in [2.05, 4.69) is 11.9 Å². The zero-order valence-corrected chi connectivity index (χ0v) is 15.2. The highest BCUT2D eigenvalue weighted by molar-refractivity contribution is 7.99.